The lowest BCUT2D eigenvalue weighted by atomic mass is 10.1. The van der Waals surface area contributed by atoms with Gasteiger partial charge < -0.3 is 5.11 Å². The molecule has 22 heavy (non-hydrogen) atoms. The highest BCUT2D eigenvalue weighted by atomic mass is 32.1. The highest BCUT2D eigenvalue weighted by Crippen LogP contribution is 2.29. The van der Waals surface area contributed by atoms with Crippen molar-refractivity contribution in [2.45, 2.75) is 0 Å². The quantitative estimate of drug-likeness (QED) is 0.776. The van der Waals surface area contributed by atoms with Crippen molar-refractivity contribution in [1.29, 1.82) is 0 Å². The van der Waals surface area contributed by atoms with E-state index >= 15 is 0 Å². The van der Waals surface area contributed by atoms with Crippen LogP contribution < -0.4 is 0 Å². The van der Waals surface area contributed by atoms with Gasteiger partial charge in [0, 0.05) is 16.5 Å². The van der Waals surface area contributed by atoms with Crippen LogP contribution in [0.4, 0.5) is 8.78 Å². The SMILES string of the molecule is O=C(O)c1cccc(-c2nc(-c3ccc(F)c(F)c3)cs2)c1. The van der Waals surface area contributed by atoms with E-state index in [1.165, 1.54) is 29.5 Å². The molecule has 3 rings (SSSR count). The Kier molecular flexibility index (Phi) is 3.68. The van der Waals surface area contributed by atoms with Crippen molar-refractivity contribution in [3.8, 4) is 21.8 Å². The van der Waals surface area contributed by atoms with Gasteiger partial charge in [0.25, 0.3) is 0 Å². The minimum absolute atomic E-state index is 0.169. The first kappa shape index (κ1) is 14.3. The maximum absolute atomic E-state index is 13.3. The third kappa shape index (κ3) is 2.73. The number of nitrogens with zero attached hydrogens (tertiary/aromatic N) is 1. The van der Waals surface area contributed by atoms with Crippen LogP contribution in [0, 0.1) is 11.6 Å². The average Bonchev–Trinajstić information content (AvgIpc) is 3.00. The van der Waals surface area contributed by atoms with Gasteiger partial charge in [-0.05, 0) is 30.3 Å². The van der Waals surface area contributed by atoms with Crippen molar-refractivity contribution in [2.75, 3.05) is 0 Å². The number of aromatic carboxylic acids is 1. The van der Waals surface area contributed by atoms with Crippen LogP contribution in [0.3, 0.4) is 0 Å². The second kappa shape index (κ2) is 5.65. The number of hydrogen-bond donors (Lipinski definition) is 1. The van der Waals surface area contributed by atoms with E-state index in [1.807, 2.05) is 0 Å². The van der Waals surface area contributed by atoms with Gasteiger partial charge in [-0.25, -0.2) is 18.6 Å². The third-order valence-corrected chi connectivity index (χ3v) is 3.97. The van der Waals surface area contributed by atoms with Gasteiger partial charge in [0.2, 0.25) is 0 Å². The predicted octanol–water partition coefficient (Wildman–Crippen LogP) is 4.45. The number of halogens is 2. The van der Waals surface area contributed by atoms with Crippen LogP contribution in [-0.4, -0.2) is 16.1 Å². The predicted molar refractivity (Wildman–Crippen MR) is 79.9 cm³/mol. The zero-order valence-corrected chi connectivity index (χ0v) is 11.9. The van der Waals surface area contributed by atoms with Crippen LogP contribution in [0.1, 0.15) is 10.4 Å². The van der Waals surface area contributed by atoms with Crippen molar-refractivity contribution in [2.24, 2.45) is 0 Å². The Morgan fingerprint density at radius 2 is 1.86 bits per heavy atom. The summed E-state index contributed by atoms with van der Waals surface area (Å²) in [7, 11) is 0. The molecule has 0 saturated heterocycles. The van der Waals surface area contributed by atoms with Crippen LogP contribution in [0.15, 0.2) is 47.8 Å². The summed E-state index contributed by atoms with van der Waals surface area (Å²) >= 11 is 1.31. The molecule has 0 aliphatic rings. The Morgan fingerprint density at radius 3 is 2.59 bits per heavy atom. The smallest absolute Gasteiger partial charge is 0.335 e. The van der Waals surface area contributed by atoms with Gasteiger partial charge >= 0.3 is 5.97 Å². The summed E-state index contributed by atoms with van der Waals surface area (Å²) in [4.78, 5) is 15.3. The molecule has 0 spiro atoms. The molecule has 0 fully saturated rings. The van der Waals surface area contributed by atoms with Crippen molar-refractivity contribution in [3.05, 3.63) is 65.0 Å². The molecule has 1 aromatic heterocycles. The van der Waals surface area contributed by atoms with Crippen molar-refractivity contribution >= 4 is 17.3 Å². The molecular formula is C16H9F2NO2S. The molecular weight excluding hydrogens is 308 g/mol. The molecule has 1 heterocycles. The van der Waals surface area contributed by atoms with Gasteiger partial charge in [0.05, 0.1) is 11.3 Å². The Balaban J connectivity index is 1.98. The molecule has 0 bridgehead atoms. The summed E-state index contributed by atoms with van der Waals surface area (Å²) in [5.74, 6) is -2.85. The molecule has 0 radical (unpaired) electrons. The van der Waals surface area contributed by atoms with Gasteiger partial charge in [0.1, 0.15) is 5.01 Å². The van der Waals surface area contributed by atoms with Crippen LogP contribution in [-0.2, 0) is 0 Å². The lowest BCUT2D eigenvalue weighted by Gasteiger charge is -1.99. The van der Waals surface area contributed by atoms with Crippen LogP contribution >= 0.6 is 11.3 Å². The zero-order valence-electron chi connectivity index (χ0n) is 11.1. The first-order valence-electron chi connectivity index (χ1n) is 6.29. The fraction of sp³-hybridized carbons (Fsp3) is 0. The lowest BCUT2D eigenvalue weighted by molar-refractivity contribution is 0.0697. The summed E-state index contributed by atoms with van der Waals surface area (Å²) in [6.45, 7) is 0. The number of thiazole rings is 1. The van der Waals surface area contributed by atoms with Crippen LogP contribution in [0.2, 0.25) is 0 Å². The molecule has 0 aliphatic carbocycles. The summed E-state index contributed by atoms with van der Waals surface area (Å²) in [6, 6.07) is 9.99. The standard InChI is InChI=1S/C16H9F2NO2S/c17-12-5-4-9(7-13(12)18)14-8-22-15(19-14)10-2-1-3-11(6-10)16(20)21/h1-8H,(H,20,21). The maximum atomic E-state index is 13.3. The largest absolute Gasteiger partial charge is 0.478 e. The molecule has 0 atom stereocenters. The molecule has 0 unspecified atom stereocenters. The number of hydrogen-bond acceptors (Lipinski definition) is 3. The second-order valence-corrected chi connectivity index (χ2v) is 5.41. The van der Waals surface area contributed by atoms with E-state index in [2.05, 4.69) is 4.98 Å². The summed E-state index contributed by atoms with van der Waals surface area (Å²) < 4.78 is 26.2. The van der Waals surface area contributed by atoms with E-state index in [1.54, 1.807) is 17.5 Å². The summed E-state index contributed by atoms with van der Waals surface area (Å²) in [6.07, 6.45) is 0. The fourth-order valence-corrected chi connectivity index (χ4v) is 2.81. The third-order valence-electron chi connectivity index (χ3n) is 3.08. The van der Waals surface area contributed by atoms with E-state index < -0.39 is 17.6 Å². The molecule has 3 nitrogen and oxygen atoms in total. The molecule has 2 aromatic carbocycles. The van der Waals surface area contributed by atoms with E-state index in [-0.39, 0.29) is 5.56 Å². The zero-order chi connectivity index (χ0) is 15.7. The van der Waals surface area contributed by atoms with Gasteiger partial charge in [-0.15, -0.1) is 11.3 Å². The van der Waals surface area contributed by atoms with Gasteiger partial charge in [-0.3, -0.25) is 0 Å². The number of rotatable bonds is 3. The Bertz CT molecular complexity index is 861. The monoisotopic (exact) mass is 317 g/mol. The van der Waals surface area contributed by atoms with E-state index in [4.69, 9.17) is 5.11 Å². The first-order chi connectivity index (χ1) is 10.5. The van der Waals surface area contributed by atoms with Gasteiger partial charge in [-0.2, -0.15) is 0 Å². The van der Waals surface area contributed by atoms with Crippen LogP contribution in [0.25, 0.3) is 21.8 Å². The highest BCUT2D eigenvalue weighted by Gasteiger charge is 2.11. The summed E-state index contributed by atoms with van der Waals surface area (Å²) in [5, 5.41) is 11.3. The summed E-state index contributed by atoms with van der Waals surface area (Å²) in [5.41, 5.74) is 1.82. The maximum Gasteiger partial charge on any atom is 0.335 e. The lowest BCUT2D eigenvalue weighted by Crippen LogP contribution is -1.95. The van der Waals surface area contributed by atoms with E-state index in [0.717, 1.165) is 12.1 Å². The topological polar surface area (TPSA) is 50.2 Å². The van der Waals surface area contributed by atoms with Gasteiger partial charge in [-0.1, -0.05) is 12.1 Å². The molecule has 0 aliphatic heterocycles. The molecule has 3 aromatic rings. The number of carbonyl (C=O) groups is 1. The van der Waals surface area contributed by atoms with Gasteiger partial charge in [0.15, 0.2) is 11.6 Å². The molecule has 110 valence electrons. The number of carboxylic acid groups (broad SMARTS) is 1. The first-order valence-corrected chi connectivity index (χ1v) is 7.17. The van der Waals surface area contributed by atoms with E-state index in [0.29, 0.717) is 21.8 Å². The number of aromatic nitrogens is 1. The number of benzene rings is 2. The molecule has 6 heteroatoms. The fourth-order valence-electron chi connectivity index (χ4n) is 1.98. The van der Waals surface area contributed by atoms with Crippen LogP contribution in [0.5, 0.6) is 0 Å². The minimum Gasteiger partial charge on any atom is -0.478 e. The van der Waals surface area contributed by atoms with Crippen molar-refractivity contribution in [1.82, 2.24) is 4.98 Å². The second-order valence-electron chi connectivity index (χ2n) is 4.55. The van der Waals surface area contributed by atoms with Crippen molar-refractivity contribution < 1.29 is 18.7 Å². The molecule has 1 N–H and O–H groups in total. The Morgan fingerprint density at radius 1 is 1.05 bits per heavy atom. The minimum atomic E-state index is -1.01. The highest BCUT2D eigenvalue weighted by molar-refractivity contribution is 7.13. The van der Waals surface area contributed by atoms with Crippen molar-refractivity contribution in [3.63, 3.8) is 0 Å². The number of carboxylic acids is 1. The molecule has 0 amide bonds. The Hall–Kier alpha value is -2.60. The Labute approximate surface area is 128 Å². The average molecular weight is 317 g/mol. The van der Waals surface area contributed by atoms with E-state index in [9.17, 15) is 13.6 Å². The normalized spacial score (nSPS) is 10.6. The molecule has 0 saturated carbocycles.